The molecule has 2 atom stereocenters. The van der Waals surface area contributed by atoms with E-state index >= 15 is 0 Å². The van der Waals surface area contributed by atoms with Crippen LogP contribution in [-0.4, -0.2) is 63.3 Å². The molecule has 4 heterocycles. The van der Waals surface area contributed by atoms with E-state index in [2.05, 4.69) is 25.6 Å². The smallest absolute Gasteiger partial charge is 0.276 e. The second-order valence-corrected chi connectivity index (χ2v) is 8.65. The first-order valence-electron chi connectivity index (χ1n) is 9.42. The highest BCUT2D eigenvalue weighted by atomic mass is 32.2. The monoisotopic (exact) mass is 420 g/mol. The van der Waals surface area contributed by atoms with E-state index in [1.165, 1.54) is 4.31 Å². The van der Waals surface area contributed by atoms with Gasteiger partial charge in [-0.3, -0.25) is 5.10 Å². The molecule has 12 heteroatoms. The van der Waals surface area contributed by atoms with Gasteiger partial charge in [0.2, 0.25) is 5.95 Å². The molecule has 0 bridgehead atoms. The first kappa shape index (κ1) is 19.6. The van der Waals surface area contributed by atoms with Crippen molar-refractivity contribution >= 4 is 21.8 Å². The molecule has 29 heavy (non-hydrogen) atoms. The van der Waals surface area contributed by atoms with E-state index in [9.17, 15) is 8.42 Å². The number of nitrogens with two attached hydrogens (primary N) is 1. The van der Waals surface area contributed by atoms with Gasteiger partial charge in [-0.15, -0.1) is 5.10 Å². The summed E-state index contributed by atoms with van der Waals surface area (Å²) in [6.45, 7) is 5.11. The highest BCUT2D eigenvalue weighted by Gasteiger charge is 2.31. The maximum absolute atomic E-state index is 11.6. The molecule has 156 valence electrons. The standard InChI is InChI=1S/C17H24N8O3S/c1-3-28-15-13(12-8-19-20-9-12)4-7-25-16(15)22-17(23-25)21-14-5-6-24(10-11(14)2)29(18,26)27/h4,7-9,11,14H,3,5-6,10H2,1-2H3,(H,19,20)(H,21,23)(H2,18,26,27)/t11-,14+/m1/s1. The van der Waals surface area contributed by atoms with Crippen molar-refractivity contribution in [1.29, 1.82) is 0 Å². The maximum atomic E-state index is 11.6. The first-order valence-corrected chi connectivity index (χ1v) is 10.9. The summed E-state index contributed by atoms with van der Waals surface area (Å²) in [6, 6.07) is 1.95. The van der Waals surface area contributed by atoms with Crippen LogP contribution in [-0.2, 0) is 10.2 Å². The molecule has 0 unspecified atom stereocenters. The van der Waals surface area contributed by atoms with Gasteiger partial charge in [-0.1, -0.05) is 6.92 Å². The van der Waals surface area contributed by atoms with Gasteiger partial charge in [0.25, 0.3) is 10.2 Å². The largest absolute Gasteiger partial charge is 0.489 e. The number of aromatic amines is 1. The molecule has 0 aliphatic carbocycles. The first-order chi connectivity index (χ1) is 13.9. The molecule has 0 radical (unpaired) electrons. The summed E-state index contributed by atoms with van der Waals surface area (Å²) in [5.41, 5.74) is 2.38. The molecule has 4 rings (SSSR count). The molecular formula is C17H24N8O3S. The Bertz CT molecular complexity index is 1100. The highest BCUT2D eigenvalue weighted by Crippen LogP contribution is 2.33. The number of H-pyrrole nitrogens is 1. The molecular weight excluding hydrogens is 396 g/mol. The molecule has 4 N–H and O–H groups in total. The van der Waals surface area contributed by atoms with Crippen LogP contribution in [0.4, 0.5) is 5.95 Å². The van der Waals surface area contributed by atoms with Crippen molar-refractivity contribution in [3.05, 3.63) is 24.7 Å². The molecule has 1 aliphatic rings. The number of pyridine rings is 1. The zero-order valence-corrected chi connectivity index (χ0v) is 17.1. The minimum absolute atomic E-state index is 0.0364. The van der Waals surface area contributed by atoms with Gasteiger partial charge in [0, 0.05) is 42.7 Å². The topological polar surface area (TPSA) is 144 Å². The second-order valence-electron chi connectivity index (χ2n) is 7.10. The lowest BCUT2D eigenvalue weighted by Crippen LogP contribution is -2.49. The minimum Gasteiger partial charge on any atom is -0.489 e. The summed E-state index contributed by atoms with van der Waals surface area (Å²) in [5, 5.41) is 19.9. The Morgan fingerprint density at radius 3 is 2.93 bits per heavy atom. The van der Waals surface area contributed by atoms with Crippen molar-refractivity contribution in [2.24, 2.45) is 11.1 Å². The maximum Gasteiger partial charge on any atom is 0.276 e. The van der Waals surface area contributed by atoms with Crippen LogP contribution in [0.5, 0.6) is 5.75 Å². The van der Waals surface area contributed by atoms with Crippen molar-refractivity contribution in [3.63, 3.8) is 0 Å². The fourth-order valence-corrected chi connectivity index (χ4v) is 4.42. The summed E-state index contributed by atoms with van der Waals surface area (Å²) in [7, 11) is -3.67. The zero-order chi connectivity index (χ0) is 20.6. The molecule has 1 saturated heterocycles. The predicted molar refractivity (Wildman–Crippen MR) is 108 cm³/mol. The number of anilines is 1. The third kappa shape index (κ3) is 3.91. The Morgan fingerprint density at radius 2 is 2.28 bits per heavy atom. The number of nitrogens with one attached hydrogen (secondary N) is 2. The zero-order valence-electron chi connectivity index (χ0n) is 16.2. The van der Waals surface area contributed by atoms with Gasteiger partial charge in [-0.2, -0.15) is 22.8 Å². The Balaban J connectivity index is 1.60. The van der Waals surface area contributed by atoms with Gasteiger partial charge in [-0.25, -0.2) is 9.65 Å². The number of fused-ring (bicyclic) bond motifs is 1. The van der Waals surface area contributed by atoms with E-state index < -0.39 is 10.2 Å². The third-order valence-electron chi connectivity index (χ3n) is 5.10. The van der Waals surface area contributed by atoms with Crippen molar-refractivity contribution in [3.8, 4) is 16.9 Å². The van der Waals surface area contributed by atoms with E-state index in [0.717, 1.165) is 11.1 Å². The average Bonchev–Trinajstić information content (AvgIpc) is 3.32. The van der Waals surface area contributed by atoms with Gasteiger partial charge in [0.1, 0.15) is 0 Å². The average molecular weight is 420 g/mol. The van der Waals surface area contributed by atoms with Crippen LogP contribution in [0, 0.1) is 5.92 Å². The van der Waals surface area contributed by atoms with Crippen LogP contribution in [0.3, 0.4) is 0 Å². The number of piperidine rings is 1. The molecule has 3 aromatic rings. The quantitative estimate of drug-likeness (QED) is 0.536. The number of hydrogen-bond acceptors (Lipinski definition) is 7. The van der Waals surface area contributed by atoms with Gasteiger partial charge < -0.3 is 10.1 Å². The lowest BCUT2D eigenvalue weighted by atomic mass is 9.95. The summed E-state index contributed by atoms with van der Waals surface area (Å²) in [4.78, 5) is 4.63. The van der Waals surface area contributed by atoms with Crippen molar-refractivity contribution < 1.29 is 13.2 Å². The van der Waals surface area contributed by atoms with E-state index in [4.69, 9.17) is 9.88 Å². The normalized spacial score (nSPS) is 20.8. The molecule has 0 aromatic carbocycles. The van der Waals surface area contributed by atoms with E-state index in [1.54, 1.807) is 16.9 Å². The predicted octanol–water partition coefficient (Wildman–Crippen LogP) is 0.844. The van der Waals surface area contributed by atoms with E-state index in [-0.39, 0.29) is 12.0 Å². The third-order valence-corrected chi connectivity index (χ3v) is 6.15. The van der Waals surface area contributed by atoms with Crippen LogP contribution < -0.4 is 15.2 Å². The molecule has 3 aromatic heterocycles. The molecule has 0 saturated carbocycles. The van der Waals surface area contributed by atoms with Gasteiger partial charge >= 0.3 is 0 Å². The fourth-order valence-electron chi connectivity index (χ4n) is 3.62. The van der Waals surface area contributed by atoms with Crippen LogP contribution in [0.25, 0.3) is 16.8 Å². The Morgan fingerprint density at radius 1 is 1.45 bits per heavy atom. The lowest BCUT2D eigenvalue weighted by Gasteiger charge is -2.35. The summed E-state index contributed by atoms with van der Waals surface area (Å²) >= 11 is 0. The Kier molecular flexibility index (Phi) is 5.15. The number of ether oxygens (including phenoxy) is 1. The fraction of sp³-hybridized carbons (Fsp3) is 0.471. The summed E-state index contributed by atoms with van der Waals surface area (Å²) in [5.74, 6) is 1.16. The summed E-state index contributed by atoms with van der Waals surface area (Å²) < 4.78 is 32.0. The lowest BCUT2D eigenvalue weighted by molar-refractivity contribution is 0.261. The molecule has 1 aliphatic heterocycles. The Labute approximate surface area is 168 Å². The van der Waals surface area contributed by atoms with Crippen molar-refractivity contribution in [1.82, 2.24) is 29.1 Å². The van der Waals surface area contributed by atoms with Crippen LogP contribution in [0.1, 0.15) is 20.3 Å². The van der Waals surface area contributed by atoms with E-state index in [1.807, 2.05) is 26.1 Å². The number of hydrogen-bond donors (Lipinski definition) is 3. The highest BCUT2D eigenvalue weighted by molar-refractivity contribution is 7.86. The second kappa shape index (κ2) is 7.61. The number of aromatic nitrogens is 5. The van der Waals surface area contributed by atoms with Gasteiger partial charge in [0.05, 0.1) is 12.8 Å². The Hall–Kier alpha value is -2.70. The van der Waals surface area contributed by atoms with Gasteiger partial charge in [0.15, 0.2) is 11.4 Å². The molecule has 0 amide bonds. The molecule has 11 nitrogen and oxygen atoms in total. The van der Waals surface area contributed by atoms with Crippen LogP contribution in [0.15, 0.2) is 24.7 Å². The number of rotatable bonds is 6. The van der Waals surface area contributed by atoms with Crippen molar-refractivity contribution in [2.75, 3.05) is 25.0 Å². The van der Waals surface area contributed by atoms with Crippen LogP contribution in [0.2, 0.25) is 0 Å². The SMILES string of the molecule is CCOc1c(-c2cn[nH]c2)ccn2nc(N[C@H]3CCN(S(N)(=O)=O)C[C@H]3C)nc12. The number of nitrogens with zero attached hydrogens (tertiary/aromatic N) is 5. The molecule has 1 fully saturated rings. The minimum atomic E-state index is -3.67. The van der Waals surface area contributed by atoms with E-state index in [0.29, 0.717) is 43.5 Å². The van der Waals surface area contributed by atoms with Crippen molar-refractivity contribution in [2.45, 2.75) is 26.3 Å². The molecule has 0 spiro atoms. The summed E-state index contributed by atoms with van der Waals surface area (Å²) in [6.07, 6.45) is 5.97. The van der Waals surface area contributed by atoms with Crippen LogP contribution >= 0.6 is 0 Å². The van der Waals surface area contributed by atoms with Gasteiger partial charge in [-0.05, 0) is 25.3 Å².